The lowest BCUT2D eigenvalue weighted by Crippen LogP contribution is -2.45. The van der Waals surface area contributed by atoms with E-state index in [2.05, 4.69) is 5.32 Å². The van der Waals surface area contributed by atoms with Gasteiger partial charge in [-0.05, 0) is 31.4 Å². The molecule has 4 heteroatoms. The quantitative estimate of drug-likeness (QED) is 0.832. The van der Waals surface area contributed by atoms with Crippen molar-refractivity contribution in [1.82, 2.24) is 5.32 Å². The fourth-order valence-electron chi connectivity index (χ4n) is 3.53. The molecule has 3 rings (SSSR count). The number of aliphatic hydroxyl groups is 1. The highest BCUT2D eigenvalue weighted by Gasteiger charge is 2.48. The summed E-state index contributed by atoms with van der Waals surface area (Å²) in [7, 11) is 0. The average Bonchev–Trinajstić information content (AvgIpc) is 3.20. The van der Waals surface area contributed by atoms with E-state index in [9.17, 15) is 9.90 Å². The van der Waals surface area contributed by atoms with Gasteiger partial charge >= 0.3 is 5.97 Å². The Morgan fingerprint density at radius 2 is 1.90 bits per heavy atom. The molecular formula is C17H23NO3. The fourth-order valence-corrected chi connectivity index (χ4v) is 3.53. The van der Waals surface area contributed by atoms with E-state index in [1.54, 1.807) is 0 Å². The fraction of sp³-hybridized carbons (Fsp3) is 0.588. The molecule has 21 heavy (non-hydrogen) atoms. The minimum absolute atomic E-state index is 0.0400. The molecule has 1 aromatic carbocycles. The van der Waals surface area contributed by atoms with Gasteiger partial charge in [-0.3, -0.25) is 0 Å². The Labute approximate surface area is 125 Å². The molecule has 1 saturated heterocycles. The maximum atomic E-state index is 12.7. The van der Waals surface area contributed by atoms with E-state index in [-0.39, 0.29) is 12.0 Å². The zero-order valence-corrected chi connectivity index (χ0v) is 12.3. The largest absolute Gasteiger partial charge is 0.459 e. The van der Waals surface area contributed by atoms with Crippen molar-refractivity contribution in [2.24, 2.45) is 5.92 Å². The summed E-state index contributed by atoms with van der Waals surface area (Å²) in [6.45, 7) is 1.55. The Balaban J connectivity index is 1.86. The second kappa shape index (κ2) is 6.16. The molecule has 1 saturated carbocycles. The molecule has 1 heterocycles. The van der Waals surface area contributed by atoms with Crippen molar-refractivity contribution in [3.63, 3.8) is 0 Å². The van der Waals surface area contributed by atoms with Crippen molar-refractivity contribution in [3.05, 3.63) is 35.9 Å². The number of ether oxygens (including phenoxy) is 1. The average molecular weight is 289 g/mol. The lowest BCUT2D eigenvalue weighted by Gasteiger charge is -2.33. The van der Waals surface area contributed by atoms with E-state index in [1.165, 1.54) is 0 Å². The van der Waals surface area contributed by atoms with Crippen molar-refractivity contribution >= 4 is 5.97 Å². The number of benzene rings is 1. The monoisotopic (exact) mass is 289 g/mol. The summed E-state index contributed by atoms with van der Waals surface area (Å²) < 4.78 is 5.59. The lowest BCUT2D eigenvalue weighted by molar-refractivity contribution is -0.178. The first-order valence-corrected chi connectivity index (χ1v) is 7.91. The van der Waals surface area contributed by atoms with Crippen molar-refractivity contribution in [2.45, 2.75) is 43.8 Å². The molecule has 2 aliphatic rings. The molecule has 2 fully saturated rings. The van der Waals surface area contributed by atoms with Crippen LogP contribution in [0.2, 0.25) is 0 Å². The number of nitrogens with one attached hydrogen (secondary N) is 1. The van der Waals surface area contributed by atoms with Gasteiger partial charge in [0, 0.05) is 12.5 Å². The standard InChI is InChI=1S/C17H23NO3/c19-16(21-15-10-11-18-12-15)17(20,14-8-4-5-9-14)13-6-2-1-3-7-13/h1-3,6-7,14-15,18,20H,4-5,8-12H2/t15-,17+/m1/s1. The first-order valence-electron chi connectivity index (χ1n) is 7.91. The van der Waals surface area contributed by atoms with E-state index in [0.717, 1.165) is 38.6 Å². The van der Waals surface area contributed by atoms with Crippen LogP contribution >= 0.6 is 0 Å². The minimum atomic E-state index is -1.50. The van der Waals surface area contributed by atoms with E-state index >= 15 is 0 Å². The number of hydrogen-bond donors (Lipinski definition) is 2. The molecular weight excluding hydrogens is 266 g/mol. The zero-order chi connectivity index (χ0) is 14.7. The first kappa shape index (κ1) is 14.5. The van der Waals surface area contributed by atoms with Gasteiger partial charge in [0.15, 0.2) is 5.60 Å². The van der Waals surface area contributed by atoms with Crippen LogP contribution in [-0.4, -0.2) is 30.3 Å². The highest BCUT2D eigenvalue weighted by molar-refractivity contribution is 5.81. The number of carbonyl (C=O) groups excluding carboxylic acids is 1. The van der Waals surface area contributed by atoms with Crippen molar-refractivity contribution in [3.8, 4) is 0 Å². The molecule has 0 radical (unpaired) electrons. The summed E-state index contributed by atoms with van der Waals surface area (Å²) in [6.07, 6.45) is 4.60. The van der Waals surface area contributed by atoms with Gasteiger partial charge < -0.3 is 15.2 Å². The van der Waals surface area contributed by atoms with Crippen LogP contribution in [0.1, 0.15) is 37.7 Å². The van der Waals surface area contributed by atoms with Gasteiger partial charge in [0.25, 0.3) is 0 Å². The molecule has 4 nitrogen and oxygen atoms in total. The van der Waals surface area contributed by atoms with Crippen molar-refractivity contribution < 1.29 is 14.6 Å². The highest BCUT2D eigenvalue weighted by atomic mass is 16.6. The van der Waals surface area contributed by atoms with Gasteiger partial charge in [-0.15, -0.1) is 0 Å². The molecule has 1 aliphatic carbocycles. The Hall–Kier alpha value is -1.39. The molecule has 1 aliphatic heterocycles. The SMILES string of the molecule is O=C(O[C@@H]1CCNC1)[C@](O)(c1ccccc1)C1CCCC1. The van der Waals surface area contributed by atoms with Gasteiger partial charge in [-0.2, -0.15) is 0 Å². The third-order valence-electron chi connectivity index (χ3n) is 4.76. The number of hydrogen-bond acceptors (Lipinski definition) is 4. The topological polar surface area (TPSA) is 58.6 Å². The van der Waals surface area contributed by atoms with Gasteiger partial charge in [-0.1, -0.05) is 43.2 Å². The van der Waals surface area contributed by atoms with E-state index < -0.39 is 11.6 Å². The summed E-state index contributed by atoms with van der Waals surface area (Å²) >= 11 is 0. The van der Waals surface area contributed by atoms with Gasteiger partial charge in [0.1, 0.15) is 6.10 Å². The maximum Gasteiger partial charge on any atom is 0.343 e. The Morgan fingerprint density at radius 1 is 1.19 bits per heavy atom. The zero-order valence-electron chi connectivity index (χ0n) is 12.3. The second-order valence-corrected chi connectivity index (χ2v) is 6.13. The summed E-state index contributed by atoms with van der Waals surface area (Å²) in [5.41, 5.74) is -0.840. The maximum absolute atomic E-state index is 12.7. The number of rotatable bonds is 4. The summed E-state index contributed by atoms with van der Waals surface area (Å²) in [5.74, 6) is -0.518. The molecule has 2 N–H and O–H groups in total. The summed E-state index contributed by atoms with van der Waals surface area (Å²) in [4.78, 5) is 12.7. The Bertz CT molecular complexity index is 478. The summed E-state index contributed by atoms with van der Waals surface area (Å²) in [6, 6.07) is 9.27. The van der Waals surface area contributed by atoms with Crippen LogP contribution in [0.3, 0.4) is 0 Å². The minimum Gasteiger partial charge on any atom is -0.459 e. The lowest BCUT2D eigenvalue weighted by atomic mass is 9.80. The van der Waals surface area contributed by atoms with Crippen LogP contribution in [-0.2, 0) is 15.1 Å². The smallest absolute Gasteiger partial charge is 0.343 e. The number of esters is 1. The van der Waals surface area contributed by atoms with Gasteiger partial charge in [-0.25, -0.2) is 4.79 Å². The third-order valence-corrected chi connectivity index (χ3v) is 4.76. The Kier molecular flexibility index (Phi) is 4.27. The molecule has 0 aromatic heterocycles. The van der Waals surface area contributed by atoms with Crippen LogP contribution in [0, 0.1) is 5.92 Å². The molecule has 1 aromatic rings. The van der Waals surface area contributed by atoms with Crippen LogP contribution < -0.4 is 5.32 Å². The highest BCUT2D eigenvalue weighted by Crippen LogP contribution is 2.41. The first-order chi connectivity index (χ1) is 10.2. The normalized spacial score (nSPS) is 25.7. The van der Waals surface area contributed by atoms with Crippen LogP contribution in [0.15, 0.2) is 30.3 Å². The molecule has 0 amide bonds. The molecule has 0 bridgehead atoms. The molecule has 0 spiro atoms. The second-order valence-electron chi connectivity index (χ2n) is 6.13. The predicted molar refractivity (Wildman–Crippen MR) is 79.7 cm³/mol. The van der Waals surface area contributed by atoms with Crippen molar-refractivity contribution in [1.29, 1.82) is 0 Å². The van der Waals surface area contributed by atoms with Gasteiger partial charge in [0.05, 0.1) is 0 Å². The van der Waals surface area contributed by atoms with E-state index in [0.29, 0.717) is 12.1 Å². The molecule has 2 atom stereocenters. The van der Waals surface area contributed by atoms with Crippen molar-refractivity contribution in [2.75, 3.05) is 13.1 Å². The molecule has 0 unspecified atom stereocenters. The predicted octanol–water partition coefficient (Wildman–Crippen LogP) is 1.97. The van der Waals surface area contributed by atoms with Crippen LogP contribution in [0.25, 0.3) is 0 Å². The number of carbonyl (C=O) groups is 1. The van der Waals surface area contributed by atoms with Gasteiger partial charge in [0.2, 0.25) is 0 Å². The van der Waals surface area contributed by atoms with E-state index in [4.69, 9.17) is 4.74 Å². The van der Waals surface area contributed by atoms with Crippen LogP contribution in [0.4, 0.5) is 0 Å². The van der Waals surface area contributed by atoms with Crippen LogP contribution in [0.5, 0.6) is 0 Å². The third kappa shape index (κ3) is 2.83. The van der Waals surface area contributed by atoms with E-state index in [1.807, 2.05) is 30.3 Å². The Morgan fingerprint density at radius 3 is 2.52 bits per heavy atom. The summed E-state index contributed by atoms with van der Waals surface area (Å²) in [5, 5.41) is 14.4. The molecule has 114 valence electrons.